The van der Waals surface area contributed by atoms with Crippen molar-refractivity contribution in [2.24, 2.45) is 0 Å². The zero-order chi connectivity index (χ0) is 21.8. The smallest absolute Gasteiger partial charge is 0.257 e. The third-order valence-electron chi connectivity index (χ3n) is 6.25. The molecule has 2 fully saturated rings. The minimum atomic E-state index is -3.73. The van der Waals surface area contributed by atoms with Gasteiger partial charge in [0.05, 0.1) is 35.5 Å². The number of methoxy groups -OCH3 is 1. The summed E-state index contributed by atoms with van der Waals surface area (Å²) in [6, 6.07) is 5.99. The average molecular weight is 447 g/mol. The Labute approximate surface area is 183 Å². The van der Waals surface area contributed by atoms with E-state index < -0.39 is 16.1 Å². The first kappa shape index (κ1) is 21.8. The Kier molecular flexibility index (Phi) is 6.62. The zero-order valence-electron chi connectivity index (χ0n) is 17.9. The number of nitrogens with one attached hydrogen (secondary N) is 1. The van der Waals surface area contributed by atoms with Crippen LogP contribution in [0.25, 0.3) is 0 Å². The maximum Gasteiger partial charge on any atom is 0.257 e. The number of H-pyrrole nitrogens is 1. The van der Waals surface area contributed by atoms with Crippen LogP contribution < -0.4 is 4.74 Å². The number of hydrogen-bond donors (Lipinski definition) is 1. The third kappa shape index (κ3) is 4.48. The van der Waals surface area contributed by atoms with Crippen LogP contribution in [0.3, 0.4) is 0 Å². The lowest BCUT2D eigenvalue weighted by Gasteiger charge is -2.34. The molecule has 1 N–H and O–H groups in total. The van der Waals surface area contributed by atoms with E-state index in [0.717, 1.165) is 51.6 Å². The van der Waals surface area contributed by atoms with Gasteiger partial charge in [0.15, 0.2) is 0 Å². The lowest BCUT2D eigenvalue weighted by Crippen LogP contribution is -2.40. The zero-order valence-corrected chi connectivity index (χ0v) is 18.7. The summed E-state index contributed by atoms with van der Waals surface area (Å²) in [4.78, 5) is 15.4. The first-order chi connectivity index (χ1) is 15.0. The van der Waals surface area contributed by atoms with Crippen LogP contribution >= 0.6 is 0 Å². The molecule has 1 atom stereocenters. The maximum atomic E-state index is 13.5. The predicted octanol–water partition coefficient (Wildman–Crippen LogP) is 3.35. The quantitative estimate of drug-likeness (QED) is 0.760. The number of carbonyl (C=O) groups excluding carboxylic acids is 1. The van der Waals surface area contributed by atoms with Crippen molar-refractivity contribution in [1.29, 1.82) is 0 Å². The van der Waals surface area contributed by atoms with Gasteiger partial charge in [0, 0.05) is 19.6 Å². The minimum absolute atomic E-state index is 0.0574. The number of rotatable bonds is 5. The van der Waals surface area contributed by atoms with Gasteiger partial charge in [0.25, 0.3) is 5.91 Å². The number of hydrogen-bond acceptors (Lipinski definition) is 5. The van der Waals surface area contributed by atoms with Crippen LogP contribution in [0.2, 0.25) is 0 Å². The van der Waals surface area contributed by atoms with E-state index in [1.54, 1.807) is 37.6 Å². The van der Waals surface area contributed by atoms with Crippen molar-refractivity contribution in [3.63, 3.8) is 0 Å². The van der Waals surface area contributed by atoms with E-state index in [0.29, 0.717) is 30.0 Å². The largest absolute Gasteiger partial charge is 0.497 e. The first-order valence-electron chi connectivity index (χ1n) is 11.0. The summed E-state index contributed by atoms with van der Waals surface area (Å²) in [6.45, 7) is 1.89. The minimum Gasteiger partial charge on any atom is -0.497 e. The molecular weight excluding hydrogens is 416 g/mol. The van der Waals surface area contributed by atoms with Gasteiger partial charge in [-0.3, -0.25) is 9.89 Å². The second kappa shape index (κ2) is 9.40. The van der Waals surface area contributed by atoms with Crippen molar-refractivity contribution in [3.8, 4) is 5.75 Å². The van der Waals surface area contributed by atoms with Crippen molar-refractivity contribution < 1.29 is 17.9 Å². The van der Waals surface area contributed by atoms with E-state index in [4.69, 9.17) is 4.74 Å². The second-order valence-corrected chi connectivity index (χ2v) is 10.1. The number of carbonyl (C=O) groups is 1. The second-order valence-electron chi connectivity index (χ2n) is 8.21. The normalized spacial score (nSPS) is 20.9. The molecule has 8 nitrogen and oxygen atoms in total. The topological polar surface area (TPSA) is 95.6 Å². The molecule has 0 saturated carbocycles. The summed E-state index contributed by atoms with van der Waals surface area (Å²) >= 11 is 0. The Balaban J connectivity index is 1.64. The molecule has 9 heteroatoms. The molecule has 4 rings (SSSR count). The van der Waals surface area contributed by atoms with Gasteiger partial charge in [-0.1, -0.05) is 19.3 Å². The Morgan fingerprint density at radius 2 is 1.71 bits per heavy atom. The number of aromatic nitrogens is 2. The van der Waals surface area contributed by atoms with Gasteiger partial charge in [-0.05, 0) is 49.9 Å². The average Bonchev–Trinajstić information content (AvgIpc) is 3.13. The molecule has 168 valence electrons. The Morgan fingerprint density at radius 1 is 1.03 bits per heavy atom. The fourth-order valence-electron chi connectivity index (χ4n) is 4.53. The molecule has 2 aliphatic heterocycles. The molecule has 0 radical (unpaired) electrons. The van der Waals surface area contributed by atoms with Crippen LogP contribution in [0, 0.1) is 0 Å². The van der Waals surface area contributed by atoms with Gasteiger partial charge in [0.2, 0.25) is 10.0 Å². The molecule has 3 heterocycles. The Bertz CT molecular complexity index is 995. The number of amides is 1. The van der Waals surface area contributed by atoms with Crippen molar-refractivity contribution in [3.05, 3.63) is 41.7 Å². The van der Waals surface area contributed by atoms with Gasteiger partial charge >= 0.3 is 0 Å². The number of benzene rings is 1. The number of sulfonamides is 1. The van der Waals surface area contributed by atoms with E-state index in [2.05, 4.69) is 10.2 Å². The third-order valence-corrected chi connectivity index (χ3v) is 8.17. The van der Waals surface area contributed by atoms with Gasteiger partial charge < -0.3 is 9.64 Å². The van der Waals surface area contributed by atoms with Crippen molar-refractivity contribution in [1.82, 2.24) is 19.4 Å². The highest BCUT2D eigenvalue weighted by Crippen LogP contribution is 2.36. The molecular formula is C22H30N4O4S. The van der Waals surface area contributed by atoms with Crippen LogP contribution in [-0.2, 0) is 10.0 Å². The predicted molar refractivity (Wildman–Crippen MR) is 116 cm³/mol. The molecule has 0 aliphatic carbocycles. The molecule has 2 aromatic rings. The fraction of sp³-hybridized carbons (Fsp3) is 0.545. The summed E-state index contributed by atoms with van der Waals surface area (Å²) < 4.78 is 33.6. The number of nitrogens with zero attached hydrogens (tertiary/aromatic N) is 3. The molecule has 31 heavy (non-hydrogen) atoms. The maximum absolute atomic E-state index is 13.5. The molecule has 2 saturated heterocycles. The number of likely N-dealkylation sites (tertiary alicyclic amines) is 1. The number of piperidine rings is 1. The van der Waals surface area contributed by atoms with Crippen LogP contribution in [0.5, 0.6) is 5.75 Å². The highest BCUT2D eigenvalue weighted by atomic mass is 32.2. The van der Waals surface area contributed by atoms with Crippen molar-refractivity contribution >= 4 is 15.9 Å². The monoisotopic (exact) mass is 446 g/mol. The highest BCUT2D eigenvalue weighted by molar-refractivity contribution is 7.89. The number of ether oxygens (including phenoxy) is 1. The summed E-state index contributed by atoms with van der Waals surface area (Å²) in [5.41, 5.74) is 1.09. The first-order valence-corrected chi connectivity index (χ1v) is 12.4. The van der Waals surface area contributed by atoms with Gasteiger partial charge in [-0.25, -0.2) is 8.42 Å². The van der Waals surface area contributed by atoms with E-state index in [1.807, 2.05) is 4.90 Å². The van der Waals surface area contributed by atoms with E-state index >= 15 is 0 Å². The molecule has 1 aromatic heterocycles. The van der Waals surface area contributed by atoms with E-state index in [-0.39, 0.29) is 10.8 Å². The summed E-state index contributed by atoms with van der Waals surface area (Å²) in [5, 5.41) is 7.10. The summed E-state index contributed by atoms with van der Waals surface area (Å²) in [7, 11) is -2.18. The molecule has 1 amide bonds. The van der Waals surface area contributed by atoms with Crippen LogP contribution in [0.15, 0.2) is 35.4 Å². The molecule has 0 unspecified atom stereocenters. The lowest BCUT2D eigenvalue weighted by molar-refractivity contribution is 0.0758. The van der Waals surface area contributed by atoms with Crippen molar-refractivity contribution in [2.75, 3.05) is 26.7 Å². The highest BCUT2D eigenvalue weighted by Gasteiger charge is 2.37. The van der Waals surface area contributed by atoms with Gasteiger partial charge in [0.1, 0.15) is 5.75 Å². The Hall–Kier alpha value is -2.39. The molecule has 2 aliphatic rings. The van der Waals surface area contributed by atoms with Crippen LogP contribution in [0.1, 0.15) is 67.0 Å². The Morgan fingerprint density at radius 3 is 2.39 bits per heavy atom. The summed E-state index contributed by atoms with van der Waals surface area (Å²) in [5.74, 6) is 0.547. The van der Waals surface area contributed by atoms with Crippen LogP contribution in [0.4, 0.5) is 0 Å². The summed E-state index contributed by atoms with van der Waals surface area (Å²) in [6.07, 6.45) is 8.16. The lowest BCUT2D eigenvalue weighted by atomic mass is 9.99. The SMILES string of the molecule is COc1ccc(S(=O)(=O)N2CCCC[C@H]2c2[nH]ncc2C(=O)N2CCCCCC2)cc1. The molecule has 0 bridgehead atoms. The number of aromatic amines is 1. The van der Waals surface area contributed by atoms with E-state index in [9.17, 15) is 13.2 Å². The fourth-order valence-corrected chi connectivity index (χ4v) is 6.20. The van der Waals surface area contributed by atoms with Gasteiger partial charge in [-0.15, -0.1) is 0 Å². The van der Waals surface area contributed by atoms with Crippen LogP contribution in [-0.4, -0.2) is 60.5 Å². The van der Waals surface area contributed by atoms with Crippen molar-refractivity contribution in [2.45, 2.75) is 55.9 Å². The molecule has 1 aromatic carbocycles. The standard InChI is InChI=1S/C22H30N4O4S/c1-30-17-9-11-18(12-10-17)31(28,29)26-15-7-4-8-20(26)21-19(16-23-24-21)22(27)25-13-5-2-3-6-14-25/h9-12,16,20H,2-8,13-15H2,1H3,(H,23,24)/t20-/m0/s1. The molecule has 0 spiro atoms. The van der Waals surface area contributed by atoms with E-state index in [1.165, 1.54) is 4.31 Å². The van der Waals surface area contributed by atoms with Gasteiger partial charge in [-0.2, -0.15) is 9.40 Å².